The lowest BCUT2D eigenvalue weighted by molar-refractivity contribution is -0.119. The molecule has 0 heterocycles. The van der Waals surface area contributed by atoms with Gasteiger partial charge in [0.15, 0.2) is 0 Å². The minimum absolute atomic E-state index is 0.317. The van der Waals surface area contributed by atoms with E-state index in [1.54, 1.807) is 18.2 Å². The molecule has 0 spiro atoms. The van der Waals surface area contributed by atoms with E-state index in [2.05, 4.69) is 21.2 Å². The van der Waals surface area contributed by atoms with Crippen molar-refractivity contribution in [1.29, 1.82) is 0 Å². The molecule has 4 nitrogen and oxygen atoms in total. The number of hydrogen-bond donors (Lipinski definition) is 2. The molecular weight excluding hydrogens is 260 g/mol. The highest BCUT2D eigenvalue weighted by molar-refractivity contribution is 9.10. The molecule has 0 fully saturated rings. The number of benzene rings is 1. The number of nitrogens with one attached hydrogen (secondary N) is 1. The van der Waals surface area contributed by atoms with Crippen LogP contribution in [-0.4, -0.2) is 17.9 Å². The average Bonchev–Trinajstić information content (AvgIpc) is 2.17. The summed E-state index contributed by atoms with van der Waals surface area (Å²) in [6, 6.07) is 6.22. The van der Waals surface area contributed by atoms with Crippen molar-refractivity contribution in [1.82, 2.24) is 5.32 Å². The molecule has 0 bridgehead atoms. The van der Waals surface area contributed by atoms with Crippen molar-refractivity contribution in [3.63, 3.8) is 0 Å². The predicted molar refractivity (Wildman–Crippen MR) is 60.3 cm³/mol. The van der Waals surface area contributed by atoms with Crippen LogP contribution < -0.4 is 11.1 Å². The first-order chi connectivity index (χ1) is 7.00. The molecule has 2 amide bonds. The average molecular weight is 271 g/mol. The van der Waals surface area contributed by atoms with E-state index in [-0.39, 0.29) is 5.91 Å². The number of carbonyl (C=O) groups is 2. The van der Waals surface area contributed by atoms with Crippen LogP contribution in [0.1, 0.15) is 17.3 Å². The SMILES string of the molecule is CC(NC(=O)c1cccc(Br)c1)C(N)=O. The molecule has 0 aliphatic carbocycles. The number of rotatable bonds is 3. The highest BCUT2D eigenvalue weighted by atomic mass is 79.9. The summed E-state index contributed by atoms with van der Waals surface area (Å²) in [5, 5.41) is 2.49. The Bertz CT molecular complexity index is 393. The first-order valence-electron chi connectivity index (χ1n) is 4.36. The standard InChI is InChI=1S/C10H11BrN2O2/c1-6(9(12)14)13-10(15)7-3-2-4-8(11)5-7/h2-6H,1H3,(H2,12,14)(H,13,15). The van der Waals surface area contributed by atoms with Gasteiger partial charge < -0.3 is 11.1 Å². The maximum absolute atomic E-state index is 11.6. The maximum atomic E-state index is 11.6. The number of nitrogens with two attached hydrogens (primary N) is 1. The van der Waals surface area contributed by atoms with Crippen LogP contribution in [0.4, 0.5) is 0 Å². The Morgan fingerprint density at radius 1 is 1.47 bits per heavy atom. The van der Waals surface area contributed by atoms with Gasteiger partial charge in [0.2, 0.25) is 5.91 Å². The van der Waals surface area contributed by atoms with Gasteiger partial charge in [-0.25, -0.2) is 0 Å². The molecule has 1 aromatic carbocycles. The number of hydrogen-bond acceptors (Lipinski definition) is 2. The molecule has 0 aromatic heterocycles. The first-order valence-corrected chi connectivity index (χ1v) is 5.15. The Labute approximate surface area is 96.0 Å². The third-order valence-electron chi connectivity index (χ3n) is 1.86. The van der Waals surface area contributed by atoms with Gasteiger partial charge in [0.25, 0.3) is 5.91 Å². The summed E-state index contributed by atoms with van der Waals surface area (Å²) in [5.41, 5.74) is 5.51. The number of primary amides is 1. The summed E-state index contributed by atoms with van der Waals surface area (Å²) in [4.78, 5) is 22.3. The van der Waals surface area contributed by atoms with Gasteiger partial charge in [-0.15, -0.1) is 0 Å². The highest BCUT2D eigenvalue weighted by Gasteiger charge is 2.13. The van der Waals surface area contributed by atoms with Gasteiger partial charge in [-0.2, -0.15) is 0 Å². The van der Waals surface area contributed by atoms with E-state index < -0.39 is 11.9 Å². The van der Waals surface area contributed by atoms with Crippen molar-refractivity contribution in [2.24, 2.45) is 5.73 Å². The lowest BCUT2D eigenvalue weighted by atomic mass is 10.2. The van der Waals surface area contributed by atoms with E-state index in [4.69, 9.17) is 5.73 Å². The van der Waals surface area contributed by atoms with Gasteiger partial charge >= 0.3 is 0 Å². The molecule has 0 saturated carbocycles. The fourth-order valence-corrected chi connectivity index (χ4v) is 1.38. The first kappa shape index (κ1) is 11.7. The molecule has 5 heteroatoms. The van der Waals surface area contributed by atoms with Gasteiger partial charge in [-0.1, -0.05) is 22.0 Å². The van der Waals surface area contributed by atoms with Crippen LogP contribution in [0.3, 0.4) is 0 Å². The van der Waals surface area contributed by atoms with Crippen molar-refractivity contribution in [3.8, 4) is 0 Å². The summed E-state index contributed by atoms with van der Waals surface area (Å²) in [7, 11) is 0. The molecule has 0 aliphatic heterocycles. The molecule has 1 rings (SSSR count). The van der Waals surface area contributed by atoms with Crippen molar-refractivity contribution in [2.45, 2.75) is 13.0 Å². The van der Waals surface area contributed by atoms with Crippen molar-refractivity contribution < 1.29 is 9.59 Å². The van der Waals surface area contributed by atoms with Gasteiger partial charge in [-0.3, -0.25) is 9.59 Å². The number of halogens is 1. The summed E-state index contributed by atoms with van der Waals surface area (Å²) in [5.74, 6) is -0.874. The molecule has 15 heavy (non-hydrogen) atoms. The Hall–Kier alpha value is -1.36. The molecule has 1 aromatic rings. The molecular formula is C10H11BrN2O2. The Kier molecular flexibility index (Phi) is 3.85. The highest BCUT2D eigenvalue weighted by Crippen LogP contribution is 2.11. The number of carbonyl (C=O) groups excluding carboxylic acids is 2. The zero-order valence-electron chi connectivity index (χ0n) is 8.16. The summed E-state index contributed by atoms with van der Waals surface area (Å²) < 4.78 is 0.807. The Morgan fingerprint density at radius 2 is 2.13 bits per heavy atom. The minimum atomic E-state index is -0.670. The molecule has 1 unspecified atom stereocenters. The second-order valence-electron chi connectivity index (χ2n) is 3.11. The van der Waals surface area contributed by atoms with Gasteiger partial charge in [0.1, 0.15) is 6.04 Å². The molecule has 1 atom stereocenters. The summed E-state index contributed by atoms with van der Waals surface area (Å²) in [6.07, 6.45) is 0. The van der Waals surface area contributed by atoms with Crippen LogP contribution in [0.2, 0.25) is 0 Å². The predicted octanol–water partition coefficient (Wildman–Crippen LogP) is 1.05. The summed E-state index contributed by atoms with van der Waals surface area (Å²) in [6.45, 7) is 1.54. The van der Waals surface area contributed by atoms with E-state index >= 15 is 0 Å². The van der Waals surface area contributed by atoms with Crippen molar-refractivity contribution >= 4 is 27.7 Å². The normalized spacial score (nSPS) is 11.9. The third kappa shape index (κ3) is 3.36. The molecule has 3 N–H and O–H groups in total. The second-order valence-corrected chi connectivity index (χ2v) is 4.02. The molecule has 0 saturated heterocycles. The van der Waals surface area contributed by atoms with E-state index in [1.165, 1.54) is 6.92 Å². The van der Waals surface area contributed by atoms with Gasteiger partial charge in [0.05, 0.1) is 0 Å². The van der Waals surface area contributed by atoms with E-state index in [0.717, 1.165) is 4.47 Å². The van der Waals surface area contributed by atoms with Crippen LogP contribution in [0.15, 0.2) is 28.7 Å². The van der Waals surface area contributed by atoms with Crippen LogP contribution >= 0.6 is 15.9 Å². The van der Waals surface area contributed by atoms with Crippen molar-refractivity contribution in [2.75, 3.05) is 0 Å². The molecule has 80 valence electrons. The fourth-order valence-electron chi connectivity index (χ4n) is 0.981. The monoisotopic (exact) mass is 270 g/mol. The zero-order chi connectivity index (χ0) is 11.4. The number of amides is 2. The van der Waals surface area contributed by atoms with Crippen LogP contribution in [-0.2, 0) is 4.79 Å². The zero-order valence-corrected chi connectivity index (χ0v) is 9.74. The lowest BCUT2D eigenvalue weighted by Gasteiger charge is -2.09. The Morgan fingerprint density at radius 3 is 2.67 bits per heavy atom. The smallest absolute Gasteiger partial charge is 0.251 e. The van der Waals surface area contributed by atoms with E-state index in [0.29, 0.717) is 5.56 Å². The van der Waals surface area contributed by atoms with Crippen LogP contribution in [0.5, 0.6) is 0 Å². The molecule has 0 aliphatic rings. The van der Waals surface area contributed by atoms with Gasteiger partial charge in [-0.05, 0) is 25.1 Å². The van der Waals surface area contributed by atoms with E-state index in [1.807, 2.05) is 6.07 Å². The second kappa shape index (κ2) is 4.93. The minimum Gasteiger partial charge on any atom is -0.368 e. The van der Waals surface area contributed by atoms with E-state index in [9.17, 15) is 9.59 Å². The summed E-state index contributed by atoms with van der Waals surface area (Å²) >= 11 is 3.25. The van der Waals surface area contributed by atoms with Gasteiger partial charge in [0, 0.05) is 10.0 Å². The van der Waals surface area contributed by atoms with Crippen LogP contribution in [0.25, 0.3) is 0 Å². The largest absolute Gasteiger partial charge is 0.368 e. The van der Waals surface area contributed by atoms with Crippen molar-refractivity contribution in [3.05, 3.63) is 34.3 Å². The Balaban J connectivity index is 2.73. The lowest BCUT2D eigenvalue weighted by Crippen LogP contribution is -2.42. The quantitative estimate of drug-likeness (QED) is 0.862. The topological polar surface area (TPSA) is 72.2 Å². The van der Waals surface area contributed by atoms with Crippen LogP contribution in [0, 0.1) is 0 Å². The fraction of sp³-hybridized carbons (Fsp3) is 0.200. The third-order valence-corrected chi connectivity index (χ3v) is 2.35. The maximum Gasteiger partial charge on any atom is 0.251 e. The molecule has 0 radical (unpaired) electrons.